The standard InChI is InChI=1S/C15H20N2/c16-10-14-7-3-2-6-13(14)15(11-17)8-4-1-5-12(15)9-14/h12-13H,1-9H2. The molecule has 3 saturated carbocycles. The van der Waals surface area contributed by atoms with Gasteiger partial charge in [-0.2, -0.15) is 10.5 Å². The Kier molecular flexibility index (Phi) is 2.44. The lowest BCUT2D eigenvalue weighted by Gasteiger charge is -2.42. The van der Waals surface area contributed by atoms with Crippen LogP contribution in [0.2, 0.25) is 0 Å². The van der Waals surface area contributed by atoms with Crippen LogP contribution in [0.15, 0.2) is 0 Å². The zero-order valence-corrected chi connectivity index (χ0v) is 10.4. The van der Waals surface area contributed by atoms with Crippen LogP contribution >= 0.6 is 0 Å². The van der Waals surface area contributed by atoms with Gasteiger partial charge in [-0.25, -0.2) is 0 Å². The van der Waals surface area contributed by atoms with Crippen LogP contribution in [0.4, 0.5) is 0 Å². The van der Waals surface area contributed by atoms with Gasteiger partial charge in [0.1, 0.15) is 0 Å². The second-order valence-electron chi connectivity index (χ2n) is 6.37. The van der Waals surface area contributed by atoms with E-state index in [0.29, 0.717) is 11.8 Å². The number of hydrogen-bond acceptors (Lipinski definition) is 2. The van der Waals surface area contributed by atoms with Crippen LogP contribution in [0.3, 0.4) is 0 Å². The monoisotopic (exact) mass is 228 g/mol. The van der Waals surface area contributed by atoms with E-state index >= 15 is 0 Å². The molecule has 0 aromatic rings. The molecule has 0 N–H and O–H groups in total. The molecule has 17 heavy (non-hydrogen) atoms. The molecule has 0 aromatic carbocycles. The highest BCUT2D eigenvalue weighted by molar-refractivity contribution is 5.23. The first-order valence-electron chi connectivity index (χ1n) is 7.10. The summed E-state index contributed by atoms with van der Waals surface area (Å²) in [6.45, 7) is 0. The van der Waals surface area contributed by atoms with Gasteiger partial charge < -0.3 is 0 Å². The summed E-state index contributed by atoms with van der Waals surface area (Å²) in [7, 11) is 0. The molecule has 2 nitrogen and oxygen atoms in total. The molecule has 0 saturated heterocycles. The van der Waals surface area contributed by atoms with Crippen LogP contribution in [0.5, 0.6) is 0 Å². The number of nitrogens with zero attached hydrogens (tertiary/aromatic N) is 2. The Labute approximate surface area is 104 Å². The Balaban J connectivity index is 2.04. The third kappa shape index (κ3) is 1.30. The number of hydrogen-bond donors (Lipinski definition) is 0. The van der Waals surface area contributed by atoms with Crippen LogP contribution < -0.4 is 0 Å². The highest BCUT2D eigenvalue weighted by Gasteiger charge is 2.63. The minimum atomic E-state index is -0.136. The van der Waals surface area contributed by atoms with Crippen LogP contribution in [-0.4, -0.2) is 0 Å². The fourth-order valence-electron chi connectivity index (χ4n) is 5.09. The molecule has 4 atom stereocenters. The third-order valence-electron chi connectivity index (χ3n) is 5.82. The Morgan fingerprint density at radius 3 is 2.41 bits per heavy atom. The van der Waals surface area contributed by atoms with Crippen molar-refractivity contribution in [3.63, 3.8) is 0 Å². The van der Waals surface area contributed by atoms with E-state index in [1.54, 1.807) is 0 Å². The van der Waals surface area contributed by atoms with Crippen LogP contribution in [0.1, 0.15) is 57.8 Å². The van der Waals surface area contributed by atoms with Crippen molar-refractivity contribution in [1.29, 1.82) is 10.5 Å². The topological polar surface area (TPSA) is 47.6 Å². The Morgan fingerprint density at radius 1 is 0.882 bits per heavy atom. The quantitative estimate of drug-likeness (QED) is 0.633. The minimum absolute atomic E-state index is 0.131. The normalized spacial score (nSPS) is 48.6. The van der Waals surface area contributed by atoms with Gasteiger partial charge in [0.05, 0.1) is 23.0 Å². The summed E-state index contributed by atoms with van der Waals surface area (Å²) in [4.78, 5) is 0. The third-order valence-corrected chi connectivity index (χ3v) is 5.82. The maximum Gasteiger partial charge on any atom is 0.0696 e. The number of fused-ring (bicyclic) bond motifs is 3. The van der Waals surface area contributed by atoms with E-state index in [1.165, 1.54) is 32.1 Å². The van der Waals surface area contributed by atoms with E-state index in [2.05, 4.69) is 12.1 Å². The molecule has 0 aromatic heterocycles. The highest BCUT2D eigenvalue weighted by atomic mass is 14.7. The Hall–Kier alpha value is -1.02. The highest BCUT2D eigenvalue weighted by Crippen LogP contribution is 2.66. The summed E-state index contributed by atoms with van der Waals surface area (Å²) in [6, 6.07) is 5.33. The fraction of sp³-hybridized carbons (Fsp3) is 0.867. The molecule has 0 amide bonds. The fourth-order valence-corrected chi connectivity index (χ4v) is 5.09. The maximum atomic E-state index is 9.74. The van der Waals surface area contributed by atoms with Gasteiger partial charge in [0.25, 0.3) is 0 Å². The van der Waals surface area contributed by atoms with Gasteiger partial charge in [-0.1, -0.05) is 25.7 Å². The van der Waals surface area contributed by atoms with E-state index in [9.17, 15) is 10.5 Å². The van der Waals surface area contributed by atoms with Crippen molar-refractivity contribution in [3.05, 3.63) is 0 Å². The molecule has 90 valence electrons. The summed E-state index contributed by atoms with van der Waals surface area (Å²) >= 11 is 0. The lowest BCUT2D eigenvalue weighted by atomic mass is 9.59. The number of nitriles is 2. The first kappa shape index (κ1) is 11.1. The van der Waals surface area contributed by atoms with Crippen molar-refractivity contribution in [1.82, 2.24) is 0 Å². The Bertz CT molecular complexity index is 402. The van der Waals surface area contributed by atoms with Gasteiger partial charge in [-0.3, -0.25) is 0 Å². The molecule has 3 aliphatic carbocycles. The first-order chi connectivity index (χ1) is 8.27. The molecular weight excluding hydrogens is 208 g/mol. The molecule has 3 aliphatic rings. The molecule has 0 aliphatic heterocycles. The van der Waals surface area contributed by atoms with Gasteiger partial charge >= 0.3 is 0 Å². The van der Waals surface area contributed by atoms with Crippen molar-refractivity contribution in [3.8, 4) is 12.1 Å². The summed E-state index contributed by atoms with van der Waals surface area (Å²) in [6.07, 6.45) is 10.3. The minimum Gasteiger partial charge on any atom is -0.198 e. The van der Waals surface area contributed by atoms with Gasteiger partial charge in [0.15, 0.2) is 0 Å². The Morgan fingerprint density at radius 2 is 1.65 bits per heavy atom. The smallest absolute Gasteiger partial charge is 0.0696 e. The van der Waals surface area contributed by atoms with Crippen molar-refractivity contribution >= 4 is 0 Å². The second-order valence-corrected chi connectivity index (χ2v) is 6.37. The van der Waals surface area contributed by atoms with E-state index < -0.39 is 0 Å². The molecule has 3 rings (SSSR count). The predicted octanol–water partition coefficient (Wildman–Crippen LogP) is 3.79. The molecule has 4 unspecified atom stereocenters. The van der Waals surface area contributed by atoms with Crippen molar-refractivity contribution in [2.45, 2.75) is 57.8 Å². The van der Waals surface area contributed by atoms with Gasteiger partial charge in [-0.15, -0.1) is 0 Å². The average molecular weight is 228 g/mol. The van der Waals surface area contributed by atoms with Gasteiger partial charge in [0.2, 0.25) is 0 Å². The van der Waals surface area contributed by atoms with Gasteiger partial charge in [-0.05, 0) is 43.9 Å². The zero-order valence-electron chi connectivity index (χ0n) is 10.4. The number of rotatable bonds is 0. The average Bonchev–Trinajstić information content (AvgIpc) is 2.70. The maximum absolute atomic E-state index is 9.74. The lowest BCUT2D eigenvalue weighted by Crippen LogP contribution is -2.38. The van der Waals surface area contributed by atoms with Crippen molar-refractivity contribution in [2.24, 2.45) is 22.7 Å². The van der Waals surface area contributed by atoms with Crippen LogP contribution in [0.25, 0.3) is 0 Å². The molecule has 0 heterocycles. The van der Waals surface area contributed by atoms with Crippen molar-refractivity contribution in [2.75, 3.05) is 0 Å². The van der Waals surface area contributed by atoms with E-state index in [4.69, 9.17) is 0 Å². The van der Waals surface area contributed by atoms with E-state index in [0.717, 1.165) is 25.7 Å². The molecular formula is C15H20N2. The van der Waals surface area contributed by atoms with Crippen molar-refractivity contribution < 1.29 is 0 Å². The largest absolute Gasteiger partial charge is 0.198 e. The first-order valence-corrected chi connectivity index (χ1v) is 7.10. The van der Waals surface area contributed by atoms with Crippen LogP contribution in [0, 0.1) is 45.3 Å². The molecule has 0 radical (unpaired) electrons. The zero-order chi connectivity index (χ0) is 11.9. The summed E-state index contributed by atoms with van der Waals surface area (Å²) in [5.74, 6) is 0.896. The SMILES string of the molecule is N#CC12CCCCC1C1(C#N)CCCCC1C2. The summed E-state index contributed by atoms with van der Waals surface area (Å²) < 4.78 is 0. The predicted molar refractivity (Wildman–Crippen MR) is 64.6 cm³/mol. The lowest BCUT2D eigenvalue weighted by molar-refractivity contribution is 0.0903. The molecule has 0 bridgehead atoms. The summed E-state index contributed by atoms with van der Waals surface area (Å²) in [5, 5.41) is 19.4. The second kappa shape index (κ2) is 3.74. The van der Waals surface area contributed by atoms with E-state index in [1.807, 2.05) is 0 Å². The molecule has 0 spiro atoms. The van der Waals surface area contributed by atoms with E-state index in [-0.39, 0.29) is 10.8 Å². The van der Waals surface area contributed by atoms with Gasteiger partial charge in [0, 0.05) is 0 Å². The summed E-state index contributed by atoms with van der Waals surface area (Å²) in [5.41, 5.74) is -0.266. The van der Waals surface area contributed by atoms with Crippen LogP contribution in [-0.2, 0) is 0 Å². The molecule has 2 heteroatoms. The molecule has 3 fully saturated rings.